The van der Waals surface area contributed by atoms with E-state index in [9.17, 15) is 4.79 Å². The first-order valence-corrected chi connectivity index (χ1v) is 4.69. The van der Waals surface area contributed by atoms with E-state index in [1.807, 2.05) is 13.1 Å². The fourth-order valence-corrected chi connectivity index (χ4v) is 1.30. The Balaban J connectivity index is 2.68. The lowest BCUT2D eigenvalue weighted by molar-refractivity contribution is -0.138. The molecule has 82 valence electrons. The Kier molecular flexibility index (Phi) is 4.20. The molecule has 0 saturated carbocycles. The number of aromatic nitrogens is 1. The minimum Gasteiger partial charge on any atom is -0.480 e. The molecule has 4 N–H and O–H groups in total. The Bertz CT molecular complexity index is 341. The van der Waals surface area contributed by atoms with Crippen LogP contribution in [-0.2, 0) is 17.8 Å². The summed E-state index contributed by atoms with van der Waals surface area (Å²) in [6.45, 7) is 0.711. The third kappa shape index (κ3) is 3.65. The number of nitrogens with one attached hydrogen (secondary N) is 1. The second kappa shape index (κ2) is 5.43. The summed E-state index contributed by atoms with van der Waals surface area (Å²) in [7, 11) is 1.84. The molecule has 1 aromatic heterocycles. The van der Waals surface area contributed by atoms with Gasteiger partial charge in [-0.05, 0) is 24.6 Å². The maximum absolute atomic E-state index is 10.6. The third-order valence-electron chi connectivity index (χ3n) is 2.01. The van der Waals surface area contributed by atoms with Crippen LogP contribution >= 0.6 is 0 Å². The highest BCUT2D eigenvalue weighted by atomic mass is 16.4. The van der Waals surface area contributed by atoms with Crippen LogP contribution < -0.4 is 11.1 Å². The predicted molar refractivity (Wildman–Crippen MR) is 56.3 cm³/mol. The molecule has 0 spiro atoms. The number of carboxylic acid groups (broad SMARTS) is 1. The lowest BCUT2D eigenvalue weighted by atomic mass is 10.1. The van der Waals surface area contributed by atoms with Crippen molar-refractivity contribution in [3.05, 3.63) is 29.6 Å². The van der Waals surface area contributed by atoms with Crippen molar-refractivity contribution in [3.63, 3.8) is 0 Å². The van der Waals surface area contributed by atoms with Gasteiger partial charge in [0.15, 0.2) is 0 Å². The monoisotopic (exact) mass is 209 g/mol. The number of nitrogens with two attached hydrogens (primary N) is 1. The highest BCUT2D eigenvalue weighted by Gasteiger charge is 2.12. The van der Waals surface area contributed by atoms with Gasteiger partial charge >= 0.3 is 5.97 Å². The summed E-state index contributed by atoms with van der Waals surface area (Å²) in [6, 6.07) is 1.04. The molecule has 0 radical (unpaired) electrons. The van der Waals surface area contributed by atoms with Crippen molar-refractivity contribution >= 4 is 5.97 Å². The van der Waals surface area contributed by atoms with Crippen molar-refractivity contribution in [2.45, 2.75) is 19.0 Å². The molecule has 0 aliphatic carbocycles. The Morgan fingerprint density at radius 3 is 2.87 bits per heavy atom. The maximum Gasteiger partial charge on any atom is 0.320 e. The summed E-state index contributed by atoms with van der Waals surface area (Å²) in [5.41, 5.74) is 7.30. The van der Waals surface area contributed by atoms with Crippen molar-refractivity contribution in [2.24, 2.45) is 5.73 Å². The fourth-order valence-electron chi connectivity index (χ4n) is 1.30. The molecule has 15 heavy (non-hydrogen) atoms. The number of aliphatic carboxylic acids is 1. The smallest absolute Gasteiger partial charge is 0.320 e. The van der Waals surface area contributed by atoms with Crippen LogP contribution in [0.25, 0.3) is 0 Å². The first-order valence-electron chi connectivity index (χ1n) is 4.69. The van der Waals surface area contributed by atoms with Gasteiger partial charge in [-0.3, -0.25) is 9.78 Å². The molecule has 0 aromatic carbocycles. The lowest BCUT2D eigenvalue weighted by Crippen LogP contribution is -2.32. The Hall–Kier alpha value is -1.46. The molecule has 0 aliphatic heterocycles. The van der Waals surface area contributed by atoms with Crippen LogP contribution in [0.5, 0.6) is 0 Å². The molecular weight excluding hydrogens is 194 g/mol. The van der Waals surface area contributed by atoms with E-state index in [4.69, 9.17) is 10.8 Å². The predicted octanol–water partition coefficient (Wildman–Crippen LogP) is -0.245. The average molecular weight is 209 g/mol. The van der Waals surface area contributed by atoms with E-state index < -0.39 is 12.0 Å². The molecule has 1 aromatic rings. The fraction of sp³-hybridized carbons (Fsp3) is 0.400. The van der Waals surface area contributed by atoms with E-state index >= 15 is 0 Å². The topological polar surface area (TPSA) is 88.2 Å². The molecule has 1 heterocycles. The molecule has 0 fully saturated rings. The first-order chi connectivity index (χ1) is 7.13. The van der Waals surface area contributed by atoms with Crippen LogP contribution in [0.2, 0.25) is 0 Å². The highest BCUT2D eigenvalue weighted by molar-refractivity contribution is 5.73. The van der Waals surface area contributed by atoms with Crippen molar-refractivity contribution < 1.29 is 9.90 Å². The molecular formula is C10H15N3O2. The van der Waals surface area contributed by atoms with Gasteiger partial charge in [-0.2, -0.15) is 0 Å². The molecule has 5 heteroatoms. The maximum atomic E-state index is 10.6. The van der Waals surface area contributed by atoms with E-state index in [-0.39, 0.29) is 0 Å². The summed E-state index contributed by atoms with van der Waals surface area (Å²) >= 11 is 0. The Morgan fingerprint density at radius 2 is 2.27 bits per heavy atom. The van der Waals surface area contributed by atoms with Crippen molar-refractivity contribution in [2.75, 3.05) is 7.05 Å². The van der Waals surface area contributed by atoms with Crippen LogP contribution in [0.1, 0.15) is 11.1 Å². The number of hydrogen-bond acceptors (Lipinski definition) is 4. The van der Waals surface area contributed by atoms with E-state index in [1.165, 1.54) is 0 Å². The SMILES string of the molecule is CNCc1cncc(C[C@H](N)C(=O)O)c1. The summed E-state index contributed by atoms with van der Waals surface area (Å²) in [5, 5.41) is 11.7. The second-order valence-electron chi connectivity index (χ2n) is 3.38. The van der Waals surface area contributed by atoms with Crippen LogP contribution in [0, 0.1) is 0 Å². The summed E-state index contributed by atoms with van der Waals surface area (Å²) < 4.78 is 0. The van der Waals surface area contributed by atoms with E-state index in [0.717, 1.165) is 11.1 Å². The van der Waals surface area contributed by atoms with E-state index in [1.54, 1.807) is 12.4 Å². The van der Waals surface area contributed by atoms with E-state index in [0.29, 0.717) is 13.0 Å². The molecule has 0 saturated heterocycles. The normalized spacial score (nSPS) is 12.4. The van der Waals surface area contributed by atoms with Gasteiger partial charge in [0.1, 0.15) is 6.04 Å². The molecule has 0 aliphatic rings. The number of nitrogens with zero attached hydrogens (tertiary/aromatic N) is 1. The largest absolute Gasteiger partial charge is 0.480 e. The first kappa shape index (κ1) is 11.6. The lowest BCUT2D eigenvalue weighted by Gasteiger charge is -2.07. The number of rotatable bonds is 5. The zero-order valence-corrected chi connectivity index (χ0v) is 8.60. The summed E-state index contributed by atoms with van der Waals surface area (Å²) in [5.74, 6) is -0.992. The minimum absolute atomic E-state index is 0.305. The number of carboxylic acids is 1. The van der Waals surface area contributed by atoms with Gasteiger partial charge < -0.3 is 16.2 Å². The molecule has 5 nitrogen and oxygen atoms in total. The van der Waals surface area contributed by atoms with Gasteiger partial charge in [0.25, 0.3) is 0 Å². The van der Waals surface area contributed by atoms with Gasteiger partial charge in [-0.15, -0.1) is 0 Å². The Morgan fingerprint density at radius 1 is 1.60 bits per heavy atom. The summed E-state index contributed by atoms with van der Waals surface area (Å²) in [4.78, 5) is 14.6. The van der Waals surface area contributed by atoms with Gasteiger partial charge in [-0.1, -0.05) is 6.07 Å². The zero-order chi connectivity index (χ0) is 11.3. The van der Waals surface area contributed by atoms with Crippen molar-refractivity contribution in [1.29, 1.82) is 0 Å². The molecule has 1 rings (SSSR count). The van der Waals surface area contributed by atoms with Crippen molar-refractivity contribution in [1.82, 2.24) is 10.3 Å². The Labute approximate surface area is 88.3 Å². The summed E-state index contributed by atoms with van der Waals surface area (Å²) in [6.07, 6.45) is 3.69. The zero-order valence-electron chi connectivity index (χ0n) is 8.60. The molecule has 0 amide bonds. The van der Waals surface area contributed by atoms with Gasteiger partial charge in [0.05, 0.1) is 0 Å². The number of hydrogen-bond donors (Lipinski definition) is 3. The van der Waals surface area contributed by atoms with Crippen LogP contribution in [0.4, 0.5) is 0 Å². The van der Waals surface area contributed by atoms with Crippen LogP contribution in [-0.4, -0.2) is 29.1 Å². The highest BCUT2D eigenvalue weighted by Crippen LogP contribution is 2.05. The minimum atomic E-state index is -0.992. The van der Waals surface area contributed by atoms with Gasteiger partial charge in [0, 0.05) is 18.9 Å². The molecule has 0 bridgehead atoms. The van der Waals surface area contributed by atoms with Gasteiger partial charge in [0.2, 0.25) is 0 Å². The second-order valence-corrected chi connectivity index (χ2v) is 3.38. The third-order valence-corrected chi connectivity index (χ3v) is 2.01. The number of pyridine rings is 1. The van der Waals surface area contributed by atoms with E-state index in [2.05, 4.69) is 10.3 Å². The van der Waals surface area contributed by atoms with Crippen molar-refractivity contribution in [3.8, 4) is 0 Å². The van der Waals surface area contributed by atoms with Crippen LogP contribution in [0.3, 0.4) is 0 Å². The molecule has 0 unspecified atom stereocenters. The quantitative estimate of drug-likeness (QED) is 0.622. The number of carbonyl (C=O) groups is 1. The average Bonchev–Trinajstić information content (AvgIpc) is 2.18. The standard InChI is InChI=1S/C10H15N3O2/c1-12-4-8-2-7(5-13-6-8)3-9(11)10(14)15/h2,5-6,9,12H,3-4,11H2,1H3,(H,14,15)/t9-/m0/s1. The molecule has 1 atom stereocenters. The van der Waals surface area contributed by atoms with Crippen LogP contribution in [0.15, 0.2) is 18.5 Å². The van der Waals surface area contributed by atoms with Gasteiger partial charge in [-0.25, -0.2) is 0 Å².